The minimum atomic E-state index is -1.23. The predicted octanol–water partition coefficient (Wildman–Crippen LogP) is 0.525. The number of nitro groups is 1. The van der Waals surface area contributed by atoms with Crippen LogP contribution in [0.1, 0.15) is 10.4 Å². The summed E-state index contributed by atoms with van der Waals surface area (Å²) >= 11 is 0. The number of pyridine rings is 1. The van der Waals surface area contributed by atoms with Crippen LogP contribution in [0.4, 0.5) is 11.5 Å². The van der Waals surface area contributed by atoms with E-state index in [1.807, 2.05) is 0 Å². The molecule has 0 aliphatic carbocycles. The average Bonchev–Trinajstić information content (AvgIpc) is 2.39. The Hall–Kier alpha value is -2.22. The lowest BCUT2D eigenvalue weighted by atomic mass is 10.2. The van der Waals surface area contributed by atoms with Gasteiger partial charge in [0.2, 0.25) is 0 Å². The highest BCUT2D eigenvalue weighted by Crippen LogP contribution is 2.23. The van der Waals surface area contributed by atoms with Crippen LogP contribution in [0.3, 0.4) is 0 Å². The maximum Gasteiger partial charge on any atom is 0.339 e. The van der Waals surface area contributed by atoms with Crippen molar-refractivity contribution in [2.24, 2.45) is 0 Å². The molecule has 0 bridgehead atoms. The van der Waals surface area contributed by atoms with Gasteiger partial charge in [-0.3, -0.25) is 10.1 Å². The van der Waals surface area contributed by atoms with Crippen LogP contribution < -0.4 is 4.90 Å². The zero-order chi connectivity index (χ0) is 13.1. The average molecular weight is 253 g/mol. The van der Waals surface area contributed by atoms with Gasteiger partial charge in [0.25, 0.3) is 5.69 Å². The predicted molar refractivity (Wildman–Crippen MR) is 60.9 cm³/mol. The second-order valence-electron chi connectivity index (χ2n) is 3.73. The molecule has 1 aromatic rings. The van der Waals surface area contributed by atoms with Gasteiger partial charge in [0.05, 0.1) is 18.1 Å². The van der Waals surface area contributed by atoms with E-state index in [9.17, 15) is 14.9 Å². The number of hydrogen-bond acceptors (Lipinski definition) is 6. The Balaban J connectivity index is 2.39. The summed E-state index contributed by atoms with van der Waals surface area (Å²) in [5, 5.41) is 19.7. The lowest BCUT2D eigenvalue weighted by molar-refractivity contribution is -0.385. The Morgan fingerprint density at radius 1 is 1.50 bits per heavy atom. The smallest absolute Gasteiger partial charge is 0.339 e. The number of anilines is 1. The first-order valence-electron chi connectivity index (χ1n) is 5.30. The molecule has 1 aliphatic heterocycles. The van der Waals surface area contributed by atoms with Crippen molar-refractivity contribution in [1.29, 1.82) is 0 Å². The first kappa shape index (κ1) is 12.2. The summed E-state index contributed by atoms with van der Waals surface area (Å²) in [6.07, 6.45) is 1.07. The molecule has 1 N–H and O–H groups in total. The van der Waals surface area contributed by atoms with Crippen LogP contribution in [0.15, 0.2) is 12.3 Å². The lowest BCUT2D eigenvalue weighted by Crippen LogP contribution is -2.37. The highest BCUT2D eigenvalue weighted by atomic mass is 16.6. The molecule has 96 valence electrons. The van der Waals surface area contributed by atoms with Crippen molar-refractivity contribution in [3.05, 3.63) is 27.9 Å². The van der Waals surface area contributed by atoms with Crippen LogP contribution in [-0.2, 0) is 4.74 Å². The molecule has 0 aromatic carbocycles. The summed E-state index contributed by atoms with van der Waals surface area (Å²) in [5.74, 6) is -0.982. The molecule has 8 heteroatoms. The molecular weight excluding hydrogens is 242 g/mol. The quantitative estimate of drug-likeness (QED) is 0.618. The largest absolute Gasteiger partial charge is 0.478 e. The zero-order valence-electron chi connectivity index (χ0n) is 9.40. The number of aromatic nitrogens is 1. The van der Waals surface area contributed by atoms with Gasteiger partial charge in [0, 0.05) is 19.2 Å². The molecule has 0 atom stereocenters. The molecule has 0 saturated carbocycles. The van der Waals surface area contributed by atoms with Crippen molar-refractivity contribution in [1.82, 2.24) is 4.98 Å². The van der Waals surface area contributed by atoms with E-state index in [1.54, 1.807) is 4.90 Å². The highest BCUT2D eigenvalue weighted by molar-refractivity contribution is 5.94. The fraction of sp³-hybridized carbons (Fsp3) is 0.400. The number of morpholine rings is 1. The van der Waals surface area contributed by atoms with Crippen molar-refractivity contribution in [3.63, 3.8) is 0 Å². The number of hydrogen-bond donors (Lipinski definition) is 1. The molecule has 1 fully saturated rings. The first-order chi connectivity index (χ1) is 8.59. The van der Waals surface area contributed by atoms with E-state index in [2.05, 4.69) is 4.98 Å². The minimum Gasteiger partial charge on any atom is -0.478 e. The van der Waals surface area contributed by atoms with E-state index in [4.69, 9.17) is 9.84 Å². The maximum absolute atomic E-state index is 11.1. The number of carboxylic acid groups (broad SMARTS) is 1. The number of ether oxygens (including phenoxy) is 1. The molecular formula is C10H11N3O5. The minimum absolute atomic E-state index is 0.161. The topological polar surface area (TPSA) is 106 Å². The van der Waals surface area contributed by atoms with Gasteiger partial charge in [-0.05, 0) is 0 Å². The van der Waals surface area contributed by atoms with Crippen LogP contribution in [0, 0.1) is 10.1 Å². The number of nitrogens with zero attached hydrogens (tertiary/aromatic N) is 3. The van der Waals surface area contributed by atoms with Crippen molar-refractivity contribution in [2.75, 3.05) is 31.2 Å². The van der Waals surface area contributed by atoms with Gasteiger partial charge in [-0.15, -0.1) is 0 Å². The molecule has 0 amide bonds. The second kappa shape index (κ2) is 4.96. The Labute approximate surface area is 102 Å². The molecule has 0 spiro atoms. The van der Waals surface area contributed by atoms with Gasteiger partial charge < -0.3 is 14.7 Å². The third-order valence-corrected chi connectivity index (χ3v) is 2.60. The van der Waals surface area contributed by atoms with E-state index in [0.29, 0.717) is 26.3 Å². The highest BCUT2D eigenvalue weighted by Gasteiger charge is 2.22. The number of rotatable bonds is 3. The van der Waals surface area contributed by atoms with Crippen LogP contribution in [0.5, 0.6) is 0 Å². The molecule has 1 aromatic heterocycles. The summed E-state index contributed by atoms with van der Waals surface area (Å²) in [6, 6.07) is 1.03. The Kier molecular flexibility index (Phi) is 3.38. The van der Waals surface area contributed by atoms with E-state index < -0.39 is 10.9 Å². The van der Waals surface area contributed by atoms with E-state index >= 15 is 0 Å². The Morgan fingerprint density at radius 2 is 2.17 bits per heavy atom. The van der Waals surface area contributed by atoms with Gasteiger partial charge in [-0.25, -0.2) is 9.78 Å². The number of aromatic carboxylic acids is 1. The number of carbonyl (C=O) groups is 1. The van der Waals surface area contributed by atoms with Gasteiger partial charge in [-0.1, -0.05) is 0 Å². The fourth-order valence-corrected chi connectivity index (χ4v) is 1.73. The van der Waals surface area contributed by atoms with Gasteiger partial charge in [0.1, 0.15) is 17.6 Å². The van der Waals surface area contributed by atoms with Gasteiger partial charge >= 0.3 is 5.97 Å². The Bertz CT molecular complexity index is 484. The monoisotopic (exact) mass is 253 g/mol. The fourth-order valence-electron chi connectivity index (χ4n) is 1.73. The Morgan fingerprint density at radius 3 is 2.72 bits per heavy atom. The molecule has 0 unspecified atom stereocenters. The SMILES string of the molecule is O=C(O)c1cc([N+](=O)[O-])cnc1N1CCOCC1. The molecule has 18 heavy (non-hydrogen) atoms. The lowest BCUT2D eigenvalue weighted by Gasteiger charge is -2.28. The van der Waals surface area contributed by atoms with Crippen molar-refractivity contribution < 1.29 is 19.6 Å². The standard InChI is InChI=1S/C10H11N3O5/c14-10(15)8-5-7(13(16)17)6-11-9(8)12-1-3-18-4-2-12/h5-6H,1-4H2,(H,14,15). The first-order valence-corrected chi connectivity index (χ1v) is 5.30. The molecule has 1 aliphatic rings. The molecule has 1 saturated heterocycles. The van der Waals surface area contributed by atoms with Crippen LogP contribution in [-0.4, -0.2) is 47.3 Å². The van der Waals surface area contributed by atoms with Crippen molar-refractivity contribution >= 4 is 17.5 Å². The van der Waals surface area contributed by atoms with Crippen molar-refractivity contribution in [3.8, 4) is 0 Å². The number of carboxylic acids is 1. The van der Waals surface area contributed by atoms with Crippen LogP contribution in [0.25, 0.3) is 0 Å². The zero-order valence-corrected chi connectivity index (χ0v) is 9.40. The third kappa shape index (κ3) is 2.38. The normalized spacial score (nSPS) is 15.4. The second-order valence-corrected chi connectivity index (χ2v) is 3.73. The van der Waals surface area contributed by atoms with Crippen molar-refractivity contribution in [2.45, 2.75) is 0 Å². The summed E-state index contributed by atoms with van der Waals surface area (Å²) in [5.41, 5.74) is -0.490. The van der Waals surface area contributed by atoms with E-state index in [0.717, 1.165) is 12.3 Å². The van der Waals surface area contributed by atoms with Gasteiger partial charge in [-0.2, -0.15) is 0 Å². The summed E-state index contributed by atoms with van der Waals surface area (Å²) in [7, 11) is 0. The maximum atomic E-state index is 11.1. The summed E-state index contributed by atoms with van der Waals surface area (Å²) in [6.45, 7) is 2.01. The van der Waals surface area contributed by atoms with E-state index in [1.165, 1.54) is 0 Å². The molecule has 8 nitrogen and oxygen atoms in total. The van der Waals surface area contributed by atoms with Crippen LogP contribution >= 0.6 is 0 Å². The van der Waals surface area contributed by atoms with E-state index in [-0.39, 0.29) is 17.1 Å². The molecule has 2 heterocycles. The summed E-state index contributed by atoms with van der Waals surface area (Å²) in [4.78, 5) is 26.7. The molecule has 0 radical (unpaired) electrons. The van der Waals surface area contributed by atoms with Gasteiger partial charge in [0.15, 0.2) is 0 Å². The van der Waals surface area contributed by atoms with Crippen LogP contribution in [0.2, 0.25) is 0 Å². The summed E-state index contributed by atoms with van der Waals surface area (Å²) < 4.78 is 5.16. The molecule has 2 rings (SSSR count). The third-order valence-electron chi connectivity index (χ3n) is 2.60.